The summed E-state index contributed by atoms with van der Waals surface area (Å²) >= 11 is 0. The number of ketones is 1. The van der Waals surface area contributed by atoms with Crippen LogP contribution < -0.4 is 0 Å². The minimum atomic E-state index is -1.34. The van der Waals surface area contributed by atoms with E-state index < -0.39 is 30.5 Å². The van der Waals surface area contributed by atoms with E-state index in [9.17, 15) is 20.1 Å². The van der Waals surface area contributed by atoms with Crippen molar-refractivity contribution in [1.29, 1.82) is 0 Å². The van der Waals surface area contributed by atoms with Crippen molar-refractivity contribution in [3.63, 3.8) is 0 Å². The maximum atomic E-state index is 10.9. The molecule has 0 aromatic rings. The summed E-state index contributed by atoms with van der Waals surface area (Å²) in [5.74, 6) is -0.356. The molecule has 1 unspecified atom stereocenters. The molecule has 0 radical (unpaired) electrons. The molecule has 13 heavy (non-hydrogen) atoms. The fourth-order valence-electron chi connectivity index (χ4n) is 1.39. The van der Waals surface area contributed by atoms with E-state index in [0.29, 0.717) is 0 Å². The van der Waals surface area contributed by atoms with Crippen LogP contribution in [-0.2, 0) is 9.53 Å². The fraction of sp³-hybridized carbons (Fsp3) is 0.875. The lowest BCUT2D eigenvalue weighted by molar-refractivity contribution is -0.214. The molecule has 1 fully saturated rings. The van der Waals surface area contributed by atoms with E-state index in [1.54, 1.807) is 0 Å². The molecule has 5 heteroatoms. The molecule has 0 amide bonds. The van der Waals surface area contributed by atoms with Gasteiger partial charge in [0, 0.05) is 0 Å². The van der Waals surface area contributed by atoms with Crippen molar-refractivity contribution in [3.05, 3.63) is 0 Å². The largest absolute Gasteiger partial charge is 0.388 e. The monoisotopic (exact) mass is 190 g/mol. The van der Waals surface area contributed by atoms with Crippen LogP contribution in [0.25, 0.3) is 0 Å². The number of aliphatic hydroxyl groups excluding tert-OH is 3. The van der Waals surface area contributed by atoms with Crippen LogP contribution in [0.15, 0.2) is 0 Å². The molecule has 0 aromatic carbocycles. The van der Waals surface area contributed by atoms with Crippen molar-refractivity contribution >= 4 is 5.78 Å². The van der Waals surface area contributed by atoms with Gasteiger partial charge in [0.2, 0.25) is 0 Å². The zero-order chi connectivity index (χ0) is 10.2. The predicted molar refractivity (Wildman–Crippen MR) is 43.0 cm³/mol. The fourth-order valence-corrected chi connectivity index (χ4v) is 1.39. The summed E-state index contributed by atoms with van der Waals surface area (Å²) < 4.78 is 5.03. The highest BCUT2D eigenvalue weighted by Gasteiger charge is 2.43. The van der Waals surface area contributed by atoms with Crippen LogP contribution in [0.1, 0.15) is 13.8 Å². The molecule has 1 heterocycles. The molecule has 3 N–H and O–H groups in total. The standard InChI is InChI=1S/C8H14O5/c1-3(9)8-7(12)6(11)5(10)4(2)13-8/h4-8,10-12H,1-2H3/t4-,5-,6+,7-,8?/m0/s1. The van der Waals surface area contributed by atoms with Gasteiger partial charge in [0.15, 0.2) is 5.78 Å². The van der Waals surface area contributed by atoms with Gasteiger partial charge >= 0.3 is 0 Å². The Kier molecular flexibility index (Phi) is 3.02. The van der Waals surface area contributed by atoms with Gasteiger partial charge < -0.3 is 20.1 Å². The number of hydrogen-bond acceptors (Lipinski definition) is 5. The van der Waals surface area contributed by atoms with E-state index in [4.69, 9.17) is 4.74 Å². The molecule has 1 saturated heterocycles. The first-order valence-electron chi connectivity index (χ1n) is 4.15. The highest BCUT2D eigenvalue weighted by atomic mass is 16.5. The molecule has 0 bridgehead atoms. The highest BCUT2D eigenvalue weighted by molar-refractivity contribution is 5.81. The van der Waals surface area contributed by atoms with Crippen LogP contribution in [0.5, 0.6) is 0 Å². The van der Waals surface area contributed by atoms with E-state index in [1.165, 1.54) is 13.8 Å². The molecule has 5 nitrogen and oxygen atoms in total. The average Bonchev–Trinajstić information content (AvgIpc) is 2.07. The Hall–Kier alpha value is -0.490. The minimum absolute atomic E-state index is 0.356. The lowest BCUT2D eigenvalue weighted by Gasteiger charge is -2.38. The summed E-state index contributed by atoms with van der Waals surface area (Å²) in [7, 11) is 0. The predicted octanol–water partition coefficient (Wildman–Crippen LogP) is -1.55. The van der Waals surface area contributed by atoms with Gasteiger partial charge in [-0.15, -0.1) is 0 Å². The van der Waals surface area contributed by atoms with Gasteiger partial charge in [-0.3, -0.25) is 4.79 Å². The van der Waals surface area contributed by atoms with Gasteiger partial charge in [0.05, 0.1) is 6.10 Å². The van der Waals surface area contributed by atoms with Gasteiger partial charge in [0.25, 0.3) is 0 Å². The van der Waals surface area contributed by atoms with Crippen LogP contribution >= 0.6 is 0 Å². The first kappa shape index (κ1) is 10.6. The Bertz CT molecular complexity index is 205. The maximum Gasteiger partial charge on any atom is 0.161 e. The van der Waals surface area contributed by atoms with Crippen molar-refractivity contribution in [3.8, 4) is 0 Å². The van der Waals surface area contributed by atoms with Crippen LogP contribution in [-0.4, -0.2) is 51.6 Å². The lowest BCUT2D eigenvalue weighted by Crippen LogP contribution is -2.58. The third kappa shape index (κ3) is 1.88. The number of hydrogen-bond donors (Lipinski definition) is 3. The van der Waals surface area contributed by atoms with Gasteiger partial charge in [0.1, 0.15) is 24.4 Å². The van der Waals surface area contributed by atoms with E-state index in [2.05, 4.69) is 0 Å². The van der Waals surface area contributed by atoms with E-state index in [1.807, 2.05) is 0 Å². The molecule has 0 spiro atoms. The SMILES string of the molecule is CC(=O)C1O[C@@H](C)[C@H](O)[C@@H](O)[C@@H]1O. The van der Waals surface area contributed by atoms with Gasteiger partial charge in [-0.25, -0.2) is 0 Å². The van der Waals surface area contributed by atoms with Gasteiger partial charge in [-0.05, 0) is 13.8 Å². The maximum absolute atomic E-state index is 10.9. The van der Waals surface area contributed by atoms with E-state index in [0.717, 1.165) is 0 Å². The Labute approximate surface area is 75.9 Å². The summed E-state index contributed by atoms with van der Waals surface area (Å²) in [5, 5.41) is 27.9. The zero-order valence-electron chi connectivity index (χ0n) is 7.54. The van der Waals surface area contributed by atoms with Crippen molar-refractivity contribution in [2.75, 3.05) is 0 Å². The quantitative estimate of drug-likeness (QED) is 0.466. The molecule has 0 saturated carbocycles. The van der Waals surface area contributed by atoms with Gasteiger partial charge in [-0.1, -0.05) is 0 Å². The molecule has 5 atom stereocenters. The molecular formula is C8H14O5. The first-order chi connectivity index (χ1) is 5.95. The van der Waals surface area contributed by atoms with E-state index >= 15 is 0 Å². The Balaban J connectivity index is 2.76. The number of rotatable bonds is 1. The second kappa shape index (κ2) is 3.71. The highest BCUT2D eigenvalue weighted by Crippen LogP contribution is 2.21. The second-order valence-electron chi connectivity index (χ2n) is 3.34. The third-order valence-electron chi connectivity index (χ3n) is 2.25. The summed E-state index contributed by atoms with van der Waals surface area (Å²) in [6.45, 7) is 2.81. The molecule has 1 aliphatic rings. The normalized spacial score (nSPS) is 46.1. The van der Waals surface area contributed by atoms with Crippen molar-refractivity contribution < 1.29 is 24.9 Å². The summed E-state index contributed by atoms with van der Waals surface area (Å²) in [6.07, 6.45) is -5.49. The summed E-state index contributed by atoms with van der Waals surface area (Å²) in [4.78, 5) is 10.9. The number of Topliss-reactive ketones (excluding diaryl/α,β-unsaturated/α-hetero) is 1. The number of ether oxygens (including phenoxy) is 1. The number of carbonyl (C=O) groups is 1. The number of carbonyl (C=O) groups excluding carboxylic acids is 1. The Morgan fingerprint density at radius 2 is 1.69 bits per heavy atom. The van der Waals surface area contributed by atoms with Crippen LogP contribution in [0, 0.1) is 0 Å². The second-order valence-corrected chi connectivity index (χ2v) is 3.34. The minimum Gasteiger partial charge on any atom is -0.388 e. The summed E-state index contributed by atoms with van der Waals surface area (Å²) in [5.41, 5.74) is 0. The molecule has 0 aromatic heterocycles. The van der Waals surface area contributed by atoms with Crippen molar-refractivity contribution in [1.82, 2.24) is 0 Å². The molecule has 76 valence electrons. The van der Waals surface area contributed by atoms with Gasteiger partial charge in [-0.2, -0.15) is 0 Å². The molecule has 0 aliphatic carbocycles. The molecular weight excluding hydrogens is 176 g/mol. The van der Waals surface area contributed by atoms with Crippen LogP contribution in [0.4, 0.5) is 0 Å². The Morgan fingerprint density at radius 1 is 1.15 bits per heavy atom. The molecule has 1 aliphatic heterocycles. The van der Waals surface area contributed by atoms with E-state index in [-0.39, 0.29) is 5.78 Å². The topological polar surface area (TPSA) is 87.0 Å². The zero-order valence-corrected chi connectivity index (χ0v) is 7.54. The van der Waals surface area contributed by atoms with Crippen molar-refractivity contribution in [2.45, 2.75) is 44.4 Å². The van der Waals surface area contributed by atoms with Crippen LogP contribution in [0.3, 0.4) is 0 Å². The van der Waals surface area contributed by atoms with Crippen LogP contribution in [0.2, 0.25) is 0 Å². The lowest BCUT2D eigenvalue weighted by atomic mass is 9.94. The number of aliphatic hydroxyl groups is 3. The third-order valence-corrected chi connectivity index (χ3v) is 2.25. The molecule has 1 rings (SSSR count). The summed E-state index contributed by atoms with van der Waals surface area (Å²) in [6, 6.07) is 0. The average molecular weight is 190 g/mol. The Morgan fingerprint density at radius 3 is 2.15 bits per heavy atom. The smallest absolute Gasteiger partial charge is 0.161 e. The van der Waals surface area contributed by atoms with Crippen molar-refractivity contribution in [2.24, 2.45) is 0 Å². The first-order valence-corrected chi connectivity index (χ1v) is 4.15.